The molecule has 1 saturated heterocycles. The van der Waals surface area contributed by atoms with Crippen molar-refractivity contribution in [2.24, 2.45) is 7.05 Å². The normalized spacial score (nSPS) is 16.9. The van der Waals surface area contributed by atoms with Crippen molar-refractivity contribution in [1.29, 1.82) is 5.26 Å². The number of piperidine rings is 1. The van der Waals surface area contributed by atoms with Crippen LogP contribution in [0.3, 0.4) is 0 Å². The van der Waals surface area contributed by atoms with Gasteiger partial charge >= 0.3 is 6.18 Å². The maximum atomic E-state index is 14.1. The first-order chi connectivity index (χ1) is 16.0. The summed E-state index contributed by atoms with van der Waals surface area (Å²) in [7, 11) is 1.49. The molecule has 1 atom stereocenters. The average molecular weight is 512 g/mol. The highest BCUT2D eigenvalue weighted by atomic mass is 35.5. The van der Waals surface area contributed by atoms with Gasteiger partial charge in [0.1, 0.15) is 28.2 Å². The minimum atomic E-state index is -4.76. The average Bonchev–Trinajstić information content (AvgIpc) is 2.77. The Labute approximate surface area is 202 Å². The van der Waals surface area contributed by atoms with Gasteiger partial charge in [-0.2, -0.15) is 18.4 Å². The standard InChI is InChI=1S/C22H18Cl2F3N5O2/c1-31-15-4-5-16(24)30-17(15)18(13(10-28)20(31)33)32-8-6-21(34,7-9-32)19(22(25,26)27)14-3-2-12(23)11-29-14/h2-5,11,19,34H,6-9H2,1H3/t19-/m1/s1. The van der Waals surface area contributed by atoms with Crippen LogP contribution < -0.4 is 10.5 Å². The molecule has 1 aliphatic heterocycles. The van der Waals surface area contributed by atoms with Gasteiger partial charge in [0.2, 0.25) is 0 Å². The van der Waals surface area contributed by atoms with Gasteiger partial charge in [-0.3, -0.25) is 9.78 Å². The van der Waals surface area contributed by atoms with Gasteiger partial charge in [0.25, 0.3) is 5.56 Å². The SMILES string of the molecule is Cn1c(=O)c(C#N)c(N2CCC(O)([C@@H](c3ccc(Cl)cn3)C(F)(F)F)CC2)c2nc(Cl)ccc21. The number of nitrogens with zero attached hydrogens (tertiary/aromatic N) is 5. The molecule has 0 spiro atoms. The van der Waals surface area contributed by atoms with Crippen LogP contribution in [0.1, 0.15) is 30.0 Å². The van der Waals surface area contributed by atoms with Crippen LogP contribution in [0, 0.1) is 11.3 Å². The summed E-state index contributed by atoms with van der Waals surface area (Å²) in [6.07, 6.45) is -4.23. The van der Waals surface area contributed by atoms with E-state index in [1.807, 2.05) is 6.07 Å². The number of anilines is 1. The third-order valence-electron chi connectivity index (χ3n) is 6.15. The molecule has 0 unspecified atom stereocenters. The molecule has 1 fully saturated rings. The Morgan fingerprint density at radius 1 is 1.21 bits per heavy atom. The number of aryl methyl sites for hydroxylation is 1. The highest BCUT2D eigenvalue weighted by molar-refractivity contribution is 6.30. The van der Waals surface area contributed by atoms with Crippen molar-refractivity contribution in [3.8, 4) is 6.07 Å². The molecule has 7 nitrogen and oxygen atoms in total. The lowest BCUT2D eigenvalue weighted by molar-refractivity contribution is -0.201. The highest BCUT2D eigenvalue weighted by Crippen LogP contribution is 2.47. The highest BCUT2D eigenvalue weighted by Gasteiger charge is 2.55. The van der Waals surface area contributed by atoms with E-state index >= 15 is 0 Å². The molecular formula is C22H18Cl2F3N5O2. The number of fused-ring (bicyclic) bond motifs is 1. The third kappa shape index (κ3) is 4.19. The lowest BCUT2D eigenvalue weighted by atomic mass is 9.77. The van der Waals surface area contributed by atoms with Gasteiger partial charge in [0.15, 0.2) is 0 Å². The van der Waals surface area contributed by atoms with E-state index in [-0.39, 0.29) is 58.6 Å². The Bertz CT molecular complexity index is 1340. The summed E-state index contributed by atoms with van der Waals surface area (Å²) in [5.74, 6) is -2.23. The largest absolute Gasteiger partial charge is 0.400 e. The van der Waals surface area contributed by atoms with Crippen molar-refractivity contribution in [3.63, 3.8) is 0 Å². The number of hydrogen-bond donors (Lipinski definition) is 1. The zero-order chi connectivity index (χ0) is 24.8. The topological polar surface area (TPSA) is 95.0 Å². The Hall–Kier alpha value is -2.87. The molecule has 4 heterocycles. The molecule has 0 aromatic carbocycles. The van der Waals surface area contributed by atoms with Crippen LogP contribution >= 0.6 is 23.2 Å². The fourth-order valence-corrected chi connectivity index (χ4v) is 4.75. The van der Waals surface area contributed by atoms with Crippen LogP contribution in [-0.4, -0.2) is 44.5 Å². The smallest absolute Gasteiger partial charge is 0.389 e. The minimum absolute atomic E-state index is 0.0538. The minimum Gasteiger partial charge on any atom is -0.389 e. The number of rotatable bonds is 3. The molecule has 0 amide bonds. The van der Waals surface area contributed by atoms with E-state index in [2.05, 4.69) is 9.97 Å². The van der Waals surface area contributed by atoms with Crippen molar-refractivity contribution in [1.82, 2.24) is 14.5 Å². The van der Waals surface area contributed by atoms with E-state index in [9.17, 15) is 28.3 Å². The van der Waals surface area contributed by atoms with Gasteiger partial charge in [-0.1, -0.05) is 23.2 Å². The van der Waals surface area contributed by atoms with Gasteiger partial charge in [0, 0.05) is 26.3 Å². The van der Waals surface area contributed by atoms with Crippen molar-refractivity contribution in [2.75, 3.05) is 18.0 Å². The molecule has 1 aliphatic rings. The van der Waals surface area contributed by atoms with Crippen LogP contribution in [0.5, 0.6) is 0 Å². The van der Waals surface area contributed by atoms with E-state index in [0.29, 0.717) is 5.52 Å². The van der Waals surface area contributed by atoms with Crippen molar-refractivity contribution in [2.45, 2.75) is 30.5 Å². The quantitative estimate of drug-likeness (QED) is 0.530. The summed E-state index contributed by atoms with van der Waals surface area (Å²) in [4.78, 5) is 22.5. The molecule has 0 bridgehead atoms. The number of hydrogen-bond acceptors (Lipinski definition) is 6. The summed E-state index contributed by atoms with van der Waals surface area (Å²) in [5, 5.41) is 21.1. The van der Waals surface area contributed by atoms with Crippen LogP contribution in [0.25, 0.3) is 11.0 Å². The van der Waals surface area contributed by atoms with Crippen LogP contribution in [0.15, 0.2) is 35.3 Å². The van der Waals surface area contributed by atoms with E-state index in [0.717, 1.165) is 12.3 Å². The Morgan fingerprint density at radius 3 is 2.44 bits per heavy atom. The van der Waals surface area contributed by atoms with Gasteiger partial charge < -0.3 is 14.6 Å². The van der Waals surface area contributed by atoms with Crippen LogP contribution in [0.4, 0.5) is 18.9 Å². The number of aromatic nitrogens is 3. The fourth-order valence-electron chi connectivity index (χ4n) is 4.49. The molecule has 1 N–H and O–H groups in total. The van der Waals surface area contributed by atoms with E-state index in [1.165, 1.54) is 23.7 Å². The Kier molecular flexibility index (Phi) is 6.23. The second-order valence-corrected chi connectivity index (χ2v) is 8.99. The van der Waals surface area contributed by atoms with Gasteiger partial charge in [-0.05, 0) is 37.1 Å². The first-order valence-electron chi connectivity index (χ1n) is 10.2. The molecule has 178 valence electrons. The second kappa shape index (κ2) is 8.73. The molecule has 0 aliphatic carbocycles. The van der Waals surface area contributed by atoms with E-state index in [1.54, 1.807) is 11.0 Å². The summed E-state index contributed by atoms with van der Waals surface area (Å²) in [5.41, 5.74) is -2.35. The van der Waals surface area contributed by atoms with Gasteiger partial charge in [-0.15, -0.1) is 0 Å². The van der Waals surface area contributed by atoms with Crippen LogP contribution in [-0.2, 0) is 7.05 Å². The lowest BCUT2D eigenvalue weighted by Gasteiger charge is -2.44. The van der Waals surface area contributed by atoms with Crippen molar-refractivity contribution in [3.05, 3.63) is 62.2 Å². The second-order valence-electron chi connectivity index (χ2n) is 8.17. The molecule has 34 heavy (non-hydrogen) atoms. The lowest BCUT2D eigenvalue weighted by Crippen LogP contribution is -2.52. The molecule has 0 saturated carbocycles. The summed E-state index contributed by atoms with van der Waals surface area (Å²) < 4.78 is 43.5. The predicted octanol–water partition coefficient (Wildman–Crippen LogP) is 4.18. The number of aliphatic hydroxyl groups is 1. The molecule has 0 radical (unpaired) electrons. The molecule has 4 rings (SSSR count). The number of alkyl halides is 3. The zero-order valence-electron chi connectivity index (χ0n) is 17.8. The van der Waals surface area contributed by atoms with Crippen molar-refractivity contribution >= 4 is 39.9 Å². The van der Waals surface area contributed by atoms with Crippen LogP contribution in [0.2, 0.25) is 10.2 Å². The number of halogens is 5. The molecule has 12 heteroatoms. The van der Waals surface area contributed by atoms with E-state index < -0.39 is 23.3 Å². The summed E-state index contributed by atoms with van der Waals surface area (Å²) in [6, 6.07) is 7.42. The molecule has 3 aromatic rings. The van der Waals surface area contributed by atoms with E-state index in [4.69, 9.17) is 23.2 Å². The fraction of sp³-hybridized carbons (Fsp3) is 0.364. The maximum Gasteiger partial charge on any atom is 0.400 e. The van der Waals surface area contributed by atoms with Gasteiger partial charge in [0.05, 0.1) is 27.5 Å². The summed E-state index contributed by atoms with van der Waals surface area (Å²) in [6.45, 7) is -0.108. The number of nitriles is 1. The maximum absolute atomic E-state index is 14.1. The Balaban J connectivity index is 1.75. The first-order valence-corrected chi connectivity index (χ1v) is 11.0. The van der Waals surface area contributed by atoms with Gasteiger partial charge in [-0.25, -0.2) is 4.98 Å². The zero-order valence-corrected chi connectivity index (χ0v) is 19.3. The monoisotopic (exact) mass is 511 g/mol. The molecule has 3 aromatic heterocycles. The third-order valence-corrected chi connectivity index (χ3v) is 6.58. The Morgan fingerprint density at radius 2 is 1.88 bits per heavy atom. The predicted molar refractivity (Wildman–Crippen MR) is 121 cm³/mol. The summed E-state index contributed by atoms with van der Waals surface area (Å²) >= 11 is 11.8. The first kappa shape index (κ1) is 24.3. The number of pyridine rings is 3. The molecular weight excluding hydrogens is 494 g/mol. The van der Waals surface area contributed by atoms with Crippen molar-refractivity contribution < 1.29 is 18.3 Å².